The van der Waals surface area contributed by atoms with Gasteiger partial charge < -0.3 is 4.74 Å². The second kappa shape index (κ2) is 8.11. The Morgan fingerprint density at radius 1 is 1.38 bits per heavy atom. The van der Waals surface area contributed by atoms with Crippen molar-refractivity contribution in [3.05, 3.63) is 11.1 Å². The van der Waals surface area contributed by atoms with Crippen LogP contribution in [0.2, 0.25) is 0 Å². The Kier molecular flexibility index (Phi) is 7.80. The van der Waals surface area contributed by atoms with Crippen LogP contribution in [-0.2, 0) is 9.53 Å². The number of carbonyl (C=O) groups excluding carboxylic acids is 1. The predicted octanol–water partition coefficient (Wildman–Crippen LogP) is 3.25. The first-order valence-electron chi connectivity index (χ1n) is 4.75. The monoisotopic (exact) mass is 204 g/mol. The highest BCUT2D eigenvalue weighted by Crippen LogP contribution is 2.08. The molecule has 0 radical (unpaired) electrons. The lowest BCUT2D eigenvalue weighted by Gasteiger charge is -1.99. The number of rotatable bonds is 6. The topological polar surface area (TPSA) is 26.3 Å². The van der Waals surface area contributed by atoms with Gasteiger partial charge in [-0.2, -0.15) is 0 Å². The Bertz CT molecular complexity index is 176. The summed E-state index contributed by atoms with van der Waals surface area (Å²) in [4.78, 5) is 11.0. The molecule has 0 N–H and O–H groups in total. The highest BCUT2D eigenvalue weighted by molar-refractivity contribution is 6.41. The van der Waals surface area contributed by atoms with Crippen molar-refractivity contribution < 1.29 is 9.53 Å². The molecule has 0 saturated carbocycles. The van der Waals surface area contributed by atoms with Gasteiger partial charge in [0.1, 0.15) is 5.03 Å². The average Bonchev–Trinajstić information content (AvgIpc) is 2.12. The molecule has 0 saturated heterocycles. The summed E-state index contributed by atoms with van der Waals surface area (Å²) in [6, 6.07) is 0. The molecule has 0 aromatic heterocycles. The molecule has 0 aromatic carbocycles. The summed E-state index contributed by atoms with van der Waals surface area (Å²) in [6.45, 7) is 4.27. The minimum atomic E-state index is -0.416. The maximum absolute atomic E-state index is 11.0. The molecule has 0 atom stereocenters. The van der Waals surface area contributed by atoms with Gasteiger partial charge in [-0.25, -0.2) is 4.79 Å². The molecule has 13 heavy (non-hydrogen) atoms. The molecular weight excluding hydrogens is 188 g/mol. The number of unbranched alkanes of at least 4 members (excludes halogenated alkanes) is 3. The van der Waals surface area contributed by atoms with E-state index in [1.165, 1.54) is 12.8 Å². The van der Waals surface area contributed by atoms with E-state index in [1.54, 1.807) is 13.0 Å². The van der Waals surface area contributed by atoms with Gasteiger partial charge in [0.2, 0.25) is 0 Å². The van der Waals surface area contributed by atoms with Crippen LogP contribution in [0.15, 0.2) is 11.1 Å². The third-order valence-electron chi connectivity index (χ3n) is 1.60. The Labute approximate surface area is 84.9 Å². The predicted molar refractivity (Wildman–Crippen MR) is 54.7 cm³/mol. The maximum Gasteiger partial charge on any atom is 0.349 e. The smallest absolute Gasteiger partial charge is 0.349 e. The fourth-order valence-electron chi connectivity index (χ4n) is 0.906. The molecule has 0 bridgehead atoms. The molecule has 76 valence electrons. The van der Waals surface area contributed by atoms with Gasteiger partial charge >= 0.3 is 5.97 Å². The highest BCUT2D eigenvalue weighted by Gasteiger charge is 2.05. The summed E-state index contributed by atoms with van der Waals surface area (Å²) in [5.41, 5.74) is 0. The number of esters is 1. The SMILES string of the molecule is CCCCC/C=C(/Cl)C(=O)OCC. The van der Waals surface area contributed by atoms with E-state index >= 15 is 0 Å². The maximum atomic E-state index is 11.0. The molecule has 0 fully saturated rings. The summed E-state index contributed by atoms with van der Waals surface area (Å²) in [6.07, 6.45) is 6.00. The molecule has 0 aliphatic rings. The summed E-state index contributed by atoms with van der Waals surface area (Å²) in [7, 11) is 0. The fraction of sp³-hybridized carbons (Fsp3) is 0.700. The first-order valence-corrected chi connectivity index (χ1v) is 5.13. The van der Waals surface area contributed by atoms with E-state index in [9.17, 15) is 4.79 Å². The second-order valence-corrected chi connectivity index (χ2v) is 3.18. The van der Waals surface area contributed by atoms with Crippen molar-refractivity contribution in [2.24, 2.45) is 0 Å². The third kappa shape index (κ3) is 6.64. The van der Waals surface area contributed by atoms with Gasteiger partial charge in [0, 0.05) is 0 Å². The van der Waals surface area contributed by atoms with Crippen molar-refractivity contribution in [2.45, 2.75) is 39.5 Å². The molecule has 2 nitrogen and oxygen atoms in total. The zero-order valence-corrected chi connectivity index (χ0v) is 9.06. The van der Waals surface area contributed by atoms with E-state index in [4.69, 9.17) is 16.3 Å². The molecule has 0 aliphatic heterocycles. The van der Waals surface area contributed by atoms with E-state index in [-0.39, 0.29) is 5.03 Å². The van der Waals surface area contributed by atoms with Crippen LogP contribution >= 0.6 is 11.6 Å². The van der Waals surface area contributed by atoms with Crippen molar-refractivity contribution in [3.63, 3.8) is 0 Å². The van der Waals surface area contributed by atoms with Crippen LogP contribution in [0.25, 0.3) is 0 Å². The van der Waals surface area contributed by atoms with Crippen LogP contribution in [0.1, 0.15) is 39.5 Å². The average molecular weight is 205 g/mol. The summed E-state index contributed by atoms with van der Waals surface area (Å²) >= 11 is 5.68. The molecule has 0 unspecified atom stereocenters. The van der Waals surface area contributed by atoms with E-state index in [1.807, 2.05) is 0 Å². The third-order valence-corrected chi connectivity index (χ3v) is 1.91. The van der Waals surface area contributed by atoms with Crippen LogP contribution in [0.5, 0.6) is 0 Å². The van der Waals surface area contributed by atoms with E-state index in [2.05, 4.69) is 6.92 Å². The van der Waals surface area contributed by atoms with Gasteiger partial charge in [0.25, 0.3) is 0 Å². The van der Waals surface area contributed by atoms with Crippen molar-refractivity contribution in [3.8, 4) is 0 Å². The Morgan fingerprint density at radius 3 is 2.62 bits per heavy atom. The lowest BCUT2D eigenvalue weighted by Crippen LogP contribution is -2.03. The van der Waals surface area contributed by atoms with Crippen LogP contribution in [0, 0.1) is 0 Å². The Morgan fingerprint density at radius 2 is 2.08 bits per heavy atom. The van der Waals surface area contributed by atoms with Crippen LogP contribution in [0.3, 0.4) is 0 Å². The van der Waals surface area contributed by atoms with Gasteiger partial charge in [-0.3, -0.25) is 0 Å². The largest absolute Gasteiger partial charge is 0.462 e. The molecule has 0 rings (SSSR count). The Hall–Kier alpha value is -0.500. The summed E-state index contributed by atoms with van der Waals surface area (Å²) in [5, 5.41) is 0.206. The minimum Gasteiger partial charge on any atom is -0.462 e. The van der Waals surface area contributed by atoms with Crippen LogP contribution in [0.4, 0.5) is 0 Å². The normalized spacial score (nSPS) is 11.5. The van der Waals surface area contributed by atoms with Gasteiger partial charge in [-0.15, -0.1) is 0 Å². The molecular formula is C10H17ClO2. The number of halogens is 1. The summed E-state index contributed by atoms with van der Waals surface area (Å²) < 4.78 is 4.72. The lowest BCUT2D eigenvalue weighted by atomic mass is 10.2. The van der Waals surface area contributed by atoms with Crippen molar-refractivity contribution >= 4 is 17.6 Å². The zero-order chi connectivity index (χ0) is 10.1. The van der Waals surface area contributed by atoms with E-state index in [0.717, 1.165) is 12.8 Å². The lowest BCUT2D eigenvalue weighted by molar-refractivity contribution is -0.137. The highest BCUT2D eigenvalue weighted by atomic mass is 35.5. The molecule has 0 amide bonds. The van der Waals surface area contributed by atoms with Crippen molar-refractivity contribution in [2.75, 3.05) is 6.61 Å². The van der Waals surface area contributed by atoms with Crippen molar-refractivity contribution in [1.82, 2.24) is 0 Å². The van der Waals surface area contributed by atoms with Gasteiger partial charge in [-0.05, 0) is 19.8 Å². The molecule has 0 spiro atoms. The summed E-state index contributed by atoms with van der Waals surface area (Å²) in [5.74, 6) is -0.416. The van der Waals surface area contributed by atoms with Crippen LogP contribution in [-0.4, -0.2) is 12.6 Å². The standard InChI is InChI=1S/C10H17ClO2/c1-3-5-6-7-8-9(11)10(12)13-4-2/h8H,3-7H2,1-2H3/b9-8+. The number of ether oxygens (including phenoxy) is 1. The number of hydrogen-bond acceptors (Lipinski definition) is 2. The molecule has 3 heteroatoms. The Balaban J connectivity index is 3.67. The molecule has 0 aliphatic carbocycles. The van der Waals surface area contributed by atoms with E-state index < -0.39 is 5.97 Å². The quantitative estimate of drug-likeness (QED) is 0.377. The first-order chi connectivity index (χ1) is 6.22. The zero-order valence-electron chi connectivity index (χ0n) is 8.31. The minimum absolute atomic E-state index is 0.206. The van der Waals surface area contributed by atoms with Crippen LogP contribution < -0.4 is 0 Å². The van der Waals surface area contributed by atoms with Crippen molar-refractivity contribution in [1.29, 1.82) is 0 Å². The first kappa shape index (κ1) is 12.5. The molecule has 0 aromatic rings. The van der Waals surface area contributed by atoms with E-state index in [0.29, 0.717) is 6.61 Å². The fourth-order valence-corrected chi connectivity index (χ4v) is 1.07. The number of allylic oxidation sites excluding steroid dienone is 1. The van der Waals surface area contributed by atoms with Gasteiger partial charge in [-0.1, -0.05) is 37.4 Å². The van der Waals surface area contributed by atoms with Gasteiger partial charge in [0.05, 0.1) is 6.61 Å². The second-order valence-electron chi connectivity index (χ2n) is 2.77. The number of hydrogen-bond donors (Lipinski definition) is 0. The van der Waals surface area contributed by atoms with Gasteiger partial charge in [0.15, 0.2) is 0 Å². The molecule has 0 heterocycles. The number of carbonyl (C=O) groups is 1.